The minimum Gasteiger partial charge on any atom is -0.371 e. The number of para-hydroxylation sites is 1. The van der Waals surface area contributed by atoms with Gasteiger partial charge < -0.3 is 4.90 Å². The lowest BCUT2D eigenvalue weighted by molar-refractivity contribution is 0.332. The summed E-state index contributed by atoms with van der Waals surface area (Å²) in [6.45, 7) is 2.93. The van der Waals surface area contributed by atoms with Crippen molar-refractivity contribution < 1.29 is 0 Å². The summed E-state index contributed by atoms with van der Waals surface area (Å²) in [5.74, 6) is 0. The number of rotatable bonds is 6. The molecule has 1 heterocycles. The van der Waals surface area contributed by atoms with E-state index < -0.39 is 5.54 Å². The van der Waals surface area contributed by atoms with E-state index in [1.807, 2.05) is 18.2 Å². The maximum atomic E-state index is 9.49. The molecule has 0 amide bonds. The molecule has 0 saturated carbocycles. The number of benzene rings is 1. The van der Waals surface area contributed by atoms with Crippen LogP contribution in [0.4, 0.5) is 5.69 Å². The third-order valence-electron chi connectivity index (χ3n) is 3.91. The predicted octanol–water partition coefficient (Wildman–Crippen LogP) is 2.84. The monoisotopic (exact) mass is 284 g/mol. The predicted molar refractivity (Wildman–Crippen MR) is 82.9 cm³/mol. The van der Waals surface area contributed by atoms with Gasteiger partial charge in [0, 0.05) is 30.2 Å². The molecule has 1 saturated heterocycles. The van der Waals surface area contributed by atoms with Crippen molar-refractivity contribution in [2.75, 3.05) is 31.1 Å². The number of anilines is 1. The van der Waals surface area contributed by atoms with Crippen molar-refractivity contribution in [3.8, 4) is 6.07 Å². The normalized spacial score (nSPS) is 16.8. The third-order valence-corrected chi connectivity index (χ3v) is 3.91. The molecule has 0 bridgehead atoms. The number of hydrogen-bond donors (Lipinski definition) is 1. The van der Waals surface area contributed by atoms with Gasteiger partial charge in [-0.15, -0.1) is 0 Å². The average Bonchev–Trinajstić information content (AvgIpc) is 2.56. The lowest BCUT2D eigenvalue weighted by Gasteiger charge is -2.39. The molecular weight excluding hydrogens is 264 g/mol. The van der Waals surface area contributed by atoms with E-state index in [-0.39, 0.29) is 0 Å². The summed E-state index contributed by atoms with van der Waals surface area (Å²) in [7, 11) is 0. The van der Waals surface area contributed by atoms with Gasteiger partial charge in [0.2, 0.25) is 0 Å². The Hall–Kier alpha value is -2.22. The summed E-state index contributed by atoms with van der Waals surface area (Å²) in [6.07, 6.45) is 2.37. The number of nitriles is 1. The molecule has 0 atom stereocenters. The Morgan fingerprint density at radius 3 is 2.67 bits per heavy atom. The Kier molecular flexibility index (Phi) is 5.44. The Bertz CT molecular complexity index is 521. The van der Waals surface area contributed by atoms with Gasteiger partial charge in [0.05, 0.1) is 6.07 Å². The van der Waals surface area contributed by atoms with Gasteiger partial charge in [-0.2, -0.15) is 5.26 Å². The molecule has 0 aromatic heterocycles. The molecule has 1 aliphatic heterocycles. The van der Waals surface area contributed by atoms with Crippen LogP contribution in [0.1, 0.15) is 19.3 Å². The van der Waals surface area contributed by atoms with Crippen molar-refractivity contribution in [1.82, 2.24) is 5.32 Å². The van der Waals surface area contributed by atoms with Gasteiger partial charge >= 0.3 is 0 Å². The third kappa shape index (κ3) is 4.12. The van der Waals surface area contributed by atoms with Crippen molar-refractivity contribution >= 4 is 5.69 Å². The van der Waals surface area contributed by atoms with Crippen molar-refractivity contribution in [3.05, 3.63) is 40.8 Å². The fourth-order valence-electron chi connectivity index (χ4n) is 2.64. The zero-order chi connectivity index (χ0) is 15.0. The Morgan fingerprint density at radius 1 is 1.33 bits per heavy atom. The summed E-state index contributed by atoms with van der Waals surface area (Å²) in [5, 5.41) is 16.3. The van der Waals surface area contributed by atoms with Crippen LogP contribution in [0.15, 0.2) is 35.4 Å². The molecule has 0 spiro atoms. The molecule has 110 valence electrons. The number of nitrogens with one attached hydrogen (secondary N) is 1. The molecule has 1 aromatic rings. The fourth-order valence-corrected chi connectivity index (χ4v) is 2.64. The molecule has 21 heavy (non-hydrogen) atoms. The average molecular weight is 284 g/mol. The van der Waals surface area contributed by atoms with Crippen LogP contribution < -0.4 is 10.2 Å². The van der Waals surface area contributed by atoms with E-state index >= 15 is 0 Å². The highest BCUT2D eigenvalue weighted by atomic mass is 15.2. The van der Waals surface area contributed by atoms with Crippen molar-refractivity contribution in [2.45, 2.75) is 24.8 Å². The molecule has 1 fully saturated rings. The Balaban J connectivity index is 1.84. The summed E-state index contributed by atoms with van der Waals surface area (Å²) in [4.78, 5) is 5.04. The molecule has 6 nitrogen and oxygen atoms in total. The quantitative estimate of drug-likeness (QED) is 0.377. The van der Waals surface area contributed by atoms with E-state index in [9.17, 15) is 5.26 Å². The maximum Gasteiger partial charge on any atom is 0.110 e. The van der Waals surface area contributed by atoms with Crippen LogP contribution in [0.25, 0.3) is 10.4 Å². The number of piperidine rings is 1. The second kappa shape index (κ2) is 7.53. The summed E-state index contributed by atoms with van der Waals surface area (Å²) in [6, 6.07) is 12.7. The first kappa shape index (κ1) is 15.2. The van der Waals surface area contributed by atoms with Crippen LogP contribution in [-0.4, -0.2) is 31.7 Å². The number of azide groups is 1. The number of hydrogen-bond acceptors (Lipinski definition) is 4. The first-order valence-corrected chi connectivity index (χ1v) is 7.27. The zero-order valence-corrected chi connectivity index (χ0v) is 12.1. The smallest absolute Gasteiger partial charge is 0.110 e. The highest BCUT2D eigenvalue weighted by Gasteiger charge is 2.34. The molecular formula is C15H20N6. The van der Waals surface area contributed by atoms with Crippen LogP contribution in [0, 0.1) is 11.3 Å². The van der Waals surface area contributed by atoms with Gasteiger partial charge in [-0.05, 0) is 43.5 Å². The first-order chi connectivity index (χ1) is 10.3. The van der Waals surface area contributed by atoms with E-state index in [1.165, 1.54) is 5.69 Å². The minimum atomic E-state index is -0.443. The fraction of sp³-hybridized carbons (Fsp3) is 0.533. The zero-order valence-electron chi connectivity index (χ0n) is 12.1. The Labute approximate surface area is 125 Å². The van der Waals surface area contributed by atoms with Gasteiger partial charge in [0.25, 0.3) is 0 Å². The second-order valence-electron chi connectivity index (χ2n) is 5.25. The molecule has 1 N–H and O–H groups in total. The second-order valence-corrected chi connectivity index (χ2v) is 5.25. The molecule has 6 heteroatoms. The van der Waals surface area contributed by atoms with E-state index in [4.69, 9.17) is 5.53 Å². The Morgan fingerprint density at radius 2 is 2.05 bits per heavy atom. The van der Waals surface area contributed by atoms with Gasteiger partial charge in [0.1, 0.15) is 5.54 Å². The van der Waals surface area contributed by atoms with Crippen LogP contribution in [-0.2, 0) is 0 Å². The summed E-state index contributed by atoms with van der Waals surface area (Å²) in [5.41, 5.74) is 9.00. The topological polar surface area (TPSA) is 87.8 Å². The number of nitrogens with zero attached hydrogens (tertiary/aromatic N) is 5. The van der Waals surface area contributed by atoms with Crippen molar-refractivity contribution in [1.29, 1.82) is 5.26 Å². The lowest BCUT2D eigenvalue weighted by Crippen LogP contribution is -2.53. The van der Waals surface area contributed by atoms with Gasteiger partial charge in [-0.1, -0.05) is 23.3 Å². The lowest BCUT2D eigenvalue weighted by atomic mass is 9.88. The van der Waals surface area contributed by atoms with Crippen LogP contribution in [0.3, 0.4) is 0 Å². The molecule has 2 rings (SSSR count). The van der Waals surface area contributed by atoms with Crippen molar-refractivity contribution in [2.24, 2.45) is 5.11 Å². The highest BCUT2D eigenvalue weighted by molar-refractivity contribution is 5.46. The first-order valence-electron chi connectivity index (χ1n) is 7.27. The van der Waals surface area contributed by atoms with Crippen molar-refractivity contribution in [3.63, 3.8) is 0 Å². The van der Waals surface area contributed by atoms with Gasteiger partial charge in [-0.25, -0.2) is 0 Å². The highest BCUT2D eigenvalue weighted by Crippen LogP contribution is 2.25. The molecule has 0 radical (unpaired) electrons. The molecule has 1 aliphatic rings. The van der Waals surface area contributed by atoms with Crippen LogP contribution >= 0.6 is 0 Å². The van der Waals surface area contributed by atoms with Gasteiger partial charge in [-0.3, -0.25) is 5.32 Å². The van der Waals surface area contributed by atoms with Gasteiger partial charge in [0.15, 0.2) is 0 Å². The molecule has 1 aromatic carbocycles. The SMILES string of the molecule is N#CC1(NCCCN=[N+]=[N-])CCN(c2ccccc2)CC1. The standard InChI is InChI=1S/C15H20N6/c16-13-15(18-9-4-10-19-20-17)7-11-21(12-8-15)14-5-2-1-3-6-14/h1-3,5-6,18H,4,7-12H2. The van der Waals surface area contributed by atoms with Crippen LogP contribution in [0.2, 0.25) is 0 Å². The maximum absolute atomic E-state index is 9.49. The molecule has 0 unspecified atom stereocenters. The summed E-state index contributed by atoms with van der Waals surface area (Å²) >= 11 is 0. The van der Waals surface area contributed by atoms with E-state index in [1.54, 1.807) is 0 Å². The largest absolute Gasteiger partial charge is 0.371 e. The minimum absolute atomic E-state index is 0.443. The van der Waals surface area contributed by atoms with E-state index in [0.717, 1.165) is 32.4 Å². The molecule has 0 aliphatic carbocycles. The summed E-state index contributed by atoms with van der Waals surface area (Å²) < 4.78 is 0. The van der Waals surface area contributed by atoms with E-state index in [2.05, 4.69) is 38.4 Å². The van der Waals surface area contributed by atoms with Crippen LogP contribution in [0.5, 0.6) is 0 Å². The van der Waals surface area contributed by atoms with E-state index in [0.29, 0.717) is 13.1 Å².